The van der Waals surface area contributed by atoms with E-state index in [0.29, 0.717) is 18.5 Å². The van der Waals surface area contributed by atoms with Gasteiger partial charge in [0.1, 0.15) is 12.4 Å². The van der Waals surface area contributed by atoms with Crippen LogP contribution in [0.25, 0.3) is 11.0 Å². The fourth-order valence-electron chi connectivity index (χ4n) is 3.32. The van der Waals surface area contributed by atoms with Crippen LogP contribution in [0.2, 0.25) is 0 Å². The lowest BCUT2D eigenvalue weighted by molar-refractivity contribution is -0.122. The Morgan fingerprint density at radius 1 is 1.33 bits per heavy atom. The molecule has 0 radical (unpaired) electrons. The van der Waals surface area contributed by atoms with Crippen LogP contribution < -0.4 is 5.32 Å². The number of benzene rings is 1. The van der Waals surface area contributed by atoms with Gasteiger partial charge >= 0.3 is 0 Å². The number of carbonyl (C=O) groups is 1. The molecular formula is C17H23N3O. The highest BCUT2D eigenvalue weighted by Crippen LogP contribution is 2.23. The van der Waals surface area contributed by atoms with Crippen molar-refractivity contribution >= 4 is 16.9 Å². The van der Waals surface area contributed by atoms with E-state index in [1.807, 2.05) is 35.8 Å². The maximum atomic E-state index is 12.4. The molecule has 2 atom stereocenters. The molecule has 0 spiro atoms. The summed E-state index contributed by atoms with van der Waals surface area (Å²) < 4.78 is 2.00. The van der Waals surface area contributed by atoms with Gasteiger partial charge in [-0.3, -0.25) is 4.79 Å². The highest BCUT2D eigenvalue weighted by molar-refractivity contribution is 5.81. The lowest BCUT2D eigenvalue weighted by atomic mass is 9.86. The summed E-state index contributed by atoms with van der Waals surface area (Å²) in [7, 11) is 0. The van der Waals surface area contributed by atoms with E-state index in [0.717, 1.165) is 23.3 Å². The summed E-state index contributed by atoms with van der Waals surface area (Å²) in [6, 6.07) is 8.30. The number of nitrogens with one attached hydrogen (secondary N) is 1. The molecule has 1 aromatic carbocycles. The van der Waals surface area contributed by atoms with Gasteiger partial charge in [0.2, 0.25) is 5.91 Å². The standard InChI is InChI=1S/C17H23N3O/c1-12-7-3-4-8-14(12)19-17(21)11-20-13(2)18-15-9-5-6-10-16(15)20/h5-6,9-10,12,14H,3-4,7-8,11H2,1-2H3,(H,19,21)/t12-,14+/m0/s1. The maximum absolute atomic E-state index is 12.4. The van der Waals surface area contributed by atoms with Gasteiger partial charge in [-0.2, -0.15) is 0 Å². The number of nitrogens with zero attached hydrogens (tertiary/aromatic N) is 2. The van der Waals surface area contributed by atoms with Gasteiger partial charge in [0.05, 0.1) is 11.0 Å². The molecule has 1 aliphatic carbocycles. The summed E-state index contributed by atoms with van der Waals surface area (Å²) >= 11 is 0. The minimum absolute atomic E-state index is 0.0972. The van der Waals surface area contributed by atoms with Crippen molar-refractivity contribution in [2.75, 3.05) is 0 Å². The lowest BCUT2D eigenvalue weighted by Crippen LogP contribution is -2.42. The van der Waals surface area contributed by atoms with Crippen LogP contribution in [0.1, 0.15) is 38.4 Å². The smallest absolute Gasteiger partial charge is 0.240 e. The zero-order valence-electron chi connectivity index (χ0n) is 12.8. The lowest BCUT2D eigenvalue weighted by Gasteiger charge is -2.29. The van der Waals surface area contributed by atoms with Crippen LogP contribution in [-0.4, -0.2) is 21.5 Å². The number of carbonyl (C=O) groups excluding carboxylic acids is 1. The Morgan fingerprint density at radius 3 is 2.90 bits per heavy atom. The molecule has 1 fully saturated rings. The first-order chi connectivity index (χ1) is 10.1. The second-order valence-corrected chi connectivity index (χ2v) is 6.17. The molecule has 1 N–H and O–H groups in total. The molecule has 1 amide bonds. The van der Waals surface area contributed by atoms with E-state index >= 15 is 0 Å². The van der Waals surface area contributed by atoms with E-state index < -0.39 is 0 Å². The summed E-state index contributed by atoms with van der Waals surface area (Å²) in [4.78, 5) is 16.9. The normalized spacial score (nSPS) is 22.4. The molecule has 1 aliphatic rings. The van der Waals surface area contributed by atoms with E-state index in [1.165, 1.54) is 19.3 Å². The van der Waals surface area contributed by atoms with Crippen LogP contribution in [0.15, 0.2) is 24.3 Å². The SMILES string of the molecule is Cc1nc2ccccc2n1CC(=O)N[C@@H]1CCCC[C@@H]1C. The number of aromatic nitrogens is 2. The van der Waals surface area contributed by atoms with Gasteiger partial charge in [-0.05, 0) is 37.8 Å². The maximum Gasteiger partial charge on any atom is 0.240 e. The molecule has 4 nitrogen and oxygen atoms in total. The van der Waals surface area contributed by atoms with Crippen molar-refractivity contribution in [3.05, 3.63) is 30.1 Å². The molecule has 1 saturated carbocycles. The Balaban J connectivity index is 1.73. The quantitative estimate of drug-likeness (QED) is 0.942. The minimum Gasteiger partial charge on any atom is -0.352 e. The first kappa shape index (κ1) is 14.1. The zero-order chi connectivity index (χ0) is 14.8. The van der Waals surface area contributed by atoms with E-state index in [9.17, 15) is 4.79 Å². The number of para-hydroxylation sites is 2. The third-order valence-corrected chi connectivity index (χ3v) is 4.60. The predicted octanol–water partition coefficient (Wildman–Crippen LogP) is 3.04. The number of rotatable bonds is 3. The molecule has 4 heteroatoms. The molecule has 0 aliphatic heterocycles. The van der Waals surface area contributed by atoms with Crippen LogP contribution >= 0.6 is 0 Å². The number of amides is 1. The number of fused-ring (bicyclic) bond motifs is 1. The van der Waals surface area contributed by atoms with Crippen molar-refractivity contribution in [3.8, 4) is 0 Å². The second-order valence-electron chi connectivity index (χ2n) is 6.17. The second kappa shape index (κ2) is 5.88. The summed E-state index contributed by atoms with van der Waals surface area (Å²) in [6.45, 7) is 4.55. The summed E-state index contributed by atoms with van der Waals surface area (Å²) in [5.74, 6) is 1.58. The fraction of sp³-hybridized carbons (Fsp3) is 0.529. The monoisotopic (exact) mass is 285 g/mol. The Morgan fingerprint density at radius 2 is 2.10 bits per heavy atom. The van der Waals surface area contributed by atoms with Gasteiger partial charge in [0.15, 0.2) is 0 Å². The average molecular weight is 285 g/mol. The highest BCUT2D eigenvalue weighted by atomic mass is 16.2. The molecule has 1 heterocycles. The first-order valence-electron chi connectivity index (χ1n) is 7.86. The van der Waals surface area contributed by atoms with Crippen LogP contribution in [0.4, 0.5) is 0 Å². The first-order valence-corrected chi connectivity index (χ1v) is 7.86. The molecule has 3 rings (SSSR count). The van der Waals surface area contributed by atoms with Crippen LogP contribution in [0.5, 0.6) is 0 Å². The van der Waals surface area contributed by atoms with E-state index in [2.05, 4.69) is 17.2 Å². The highest BCUT2D eigenvalue weighted by Gasteiger charge is 2.23. The summed E-state index contributed by atoms with van der Waals surface area (Å²) in [5, 5.41) is 3.21. The van der Waals surface area contributed by atoms with Gasteiger partial charge in [-0.1, -0.05) is 31.9 Å². The molecular weight excluding hydrogens is 262 g/mol. The zero-order valence-corrected chi connectivity index (χ0v) is 12.8. The molecule has 21 heavy (non-hydrogen) atoms. The molecule has 2 aromatic rings. The van der Waals surface area contributed by atoms with Gasteiger partial charge in [0.25, 0.3) is 0 Å². The molecule has 0 saturated heterocycles. The van der Waals surface area contributed by atoms with Gasteiger partial charge in [-0.15, -0.1) is 0 Å². The molecule has 0 unspecified atom stereocenters. The number of imidazole rings is 1. The van der Waals surface area contributed by atoms with Gasteiger partial charge in [0, 0.05) is 6.04 Å². The number of hydrogen-bond acceptors (Lipinski definition) is 2. The summed E-state index contributed by atoms with van der Waals surface area (Å²) in [6.07, 6.45) is 4.84. The van der Waals surface area contributed by atoms with Gasteiger partial charge in [-0.25, -0.2) is 4.98 Å². The van der Waals surface area contributed by atoms with E-state index in [4.69, 9.17) is 0 Å². The van der Waals surface area contributed by atoms with Crippen molar-refractivity contribution in [1.29, 1.82) is 0 Å². The van der Waals surface area contributed by atoms with E-state index in [-0.39, 0.29) is 5.91 Å². The molecule has 1 aromatic heterocycles. The topological polar surface area (TPSA) is 46.9 Å². The third kappa shape index (κ3) is 2.94. The van der Waals surface area contributed by atoms with Crippen LogP contribution in [0.3, 0.4) is 0 Å². The Kier molecular flexibility index (Phi) is 3.95. The number of hydrogen-bond donors (Lipinski definition) is 1. The fourth-order valence-corrected chi connectivity index (χ4v) is 3.32. The Bertz CT molecular complexity index is 647. The van der Waals surface area contributed by atoms with Crippen molar-refractivity contribution < 1.29 is 4.79 Å². The van der Waals surface area contributed by atoms with Crippen LogP contribution in [0, 0.1) is 12.8 Å². The predicted molar refractivity (Wildman–Crippen MR) is 84.0 cm³/mol. The van der Waals surface area contributed by atoms with E-state index in [1.54, 1.807) is 0 Å². The largest absolute Gasteiger partial charge is 0.352 e. The minimum atomic E-state index is 0.0972. The average Bonchev–Trinajstić information content (AvgIpc) is 2.78. The molecule has 0 bridgehead atoms. The summed E-state index contributed by atoms with van der Waals surface area (Å²) in [5.41, 5.74) is 1.98. The van der Waals surface area contributed by atoms with Crippen LogP contribution in [-0.2, 0) is 11.3 Å². The molecule has 112 valence electrons. The third-order valence-electron chi connectivity index (χ3n) is 4.60. The van der Waals surface area contributed by atoms with Gasteiger partial charge < -0.3 is 9.88 Å². The van der Waals surface area contributed by atoms with Crippen molar-refractivity contribution in [3.63, 3.8) is 0 Å². The Labute approximate surface area is 125 Å². The van der Waals surface area contributed by atoms with Crippen molar-refractivity contribution in [2.45, 2.75) is 52.1 Å². The van der Waals surface area contributed by atoms with Crippen molar-refractivity contribution in [2.24, 2.45) is 5.92 Å². The number of aryl methyl sites for hydroxylation is 1. The van der Waals surface area contributed by atoms with Crippen molar-refractivity contribution in [1.82, 2.24) is 14.9 Å². The Hall–Kier alpha value is -1.84.